The van der Waals surface area contributed by atoms with Crippen LogP contribution in [0.15, 0.2) is 71.8 Å². The summed E-state index contributed by atoms with van der Waals surface area (Å²) in [5, 5.41) is 12.4. The molecule has 0 spiro atoms. The monoisotopic (exact) mass is 441 g/mol. The summed E-state index contributed by atoms with van der Waals surface area (Å²) in [6.45, 7) is 0.325. The fourth-order valence-corrected chi connectivity index (χ4v) is 4.99. The van der Waals surface area contributed by atoms with Crippen LogP contribution in [0, 0.1) is 0 Å². The van der Waals surface area contributed by atoms with Crippen LogP contribution in [0.4, 0.5) is 0 Å². The SMILES string of the molecule is COc1ccc([C@@H]2CC(c3ccc4ccccc4c3)=NN2C(=O)CNC2CCCCC2)cc1. The molecule has 0 saturated heterocycles. The number of hydrogen-bond acceptors (Lipinski definition) is 4. The largest absolute Gasteiger partial charge is 0.497 e. The average molecular weight is 442 g/mol. The van der Waals surface area contributed by atoms with E-state index in [9.17, 15) is 4.79 Å². The molecule has 5 heteroatoms. The number of ether oxygens (including phenoxy) is 1. The van der Waals surface area contributed by atoms with Gasteiger partial charge in [0, 0.05) is 12.5 Å². The van der Waals surface area contributed by atoms with Crippen molar-refractivity contribution in [1.82, 2.24) is 10.3 Å². The van der Waals surface area contributed by atoms with Gasteiger partial charge in [-0.3, -0.25) is 4.79 Å². The molecule has 0 unspecified atom stereocenters. The quantitative estimate of drug-likeness (QED) is 0.554. The summed E-state index contributed by atoms with van der Waals surface area (Å²) in [5.41, 5.74) is 3.09. The number of nitrogens with zero attached hydrogens (tertiary/aromatic N) is 2. The Labute approximate surface area is 195 Å². The Kier molecular flexibility index (Phi) is 6.40. The van der Waals surface area contributed by atoms with Gasteiger partial charge < -0.3 is 10.1 Å². The van der Waals surface area contributed by atoms with Gasteiger partial charge in [-0.1, -0.05) is 67.8 Å². The molecule has 1 aliphatic heterocycles. The van der Waals surface area contributed by atoms with Crippen LogP contribution >= 0.6 is 0 Å². The van der Waals surface area contributed by atoms with Crippen molar-refractivity contribution < 1.29 is 9.53 Å². The van der Waals surface area contributed by atoms with Gasteiger partial charge in [0.1, 0.15) is 5.75 Å². The van der Waals surface area contributed by atoms with E-state index in [1.165, 1.54) is 30.0 Å². The van der Waals surface area contributed by atoms with Gasteiger partial charge in [-0.25, -0.2) is 5.01 Å². The van der Waals surface area contributed by atoms with Crippen molar-refractivity contribution in [3.8, 4) is 5.75 Å². The van der Waals surface area contributed by atoms with Crippen molar-refractivity contribution in [2.75, 3.05) is 13.7 Å². The lowest BCUT2D eigenvalue weighted by atomic mass is 9.95. The van der Waals surface area contributed by atoms with Crippen molar-refractivity contribution in [2.24, 2.45) is 5.10 Å². The summed E-state index contributed by atoms with van der Waals surface area (Å²) in [4.78, 5) is 13.3. The van der Waals surface area contributed by atoms with Crippen LogP contribution in [0.3, 0.4) is 0 Å². The molecule has 170 valence electrons. The molecule has 3 aromatic rings. The Bertz CT molecular complexity index is 1150. The Balaban J connectivity index is 1.40. The Hall–Kier alpha value is -3.18. The molecule has 33 heavy (non-hydrogen) atoms. The third-order valence-corrected chi connectivity index (χ3v) is 6.90. The molecule has 1 saturated carbocycles. The van der Waals surface area contributed by atoms with Crippen LogP contribution in [0.1, 0.15) is 55.7 Å². The summed E-state index contributed by atoms with van der Waals surface area (Å²) < 4.78 is 5.32. The minimum atomic E-state index is -0.113. The van der Waals surface area contributed by atoms with Crippen molar-refractivity contribution in [3.05, 3.63) is 77.9 Å². The van der Waals surface area contributed by atoms with E-state index in [1.54, 1.807) is 12.1 Å². The molecule has 0 radical (unpaired) electrons. The Morgan fingerprint density at radius 1 is 1.00 bits per heavy atom. The first-order chi connectivity index (χ1) is 16.2. The summed E-state index contributed by atoms with van der Waals surface area (Å²) >= 11 is 0. The number of fused-ring (bicyclic) bond motifs is 1. The molecular formula is C28H31N3O2. The molecule has 2 aliphatic rings. The lowest BCUT2D eigenvalue weighted by molar-refractivity contribution is -0.132. The third kappa shape index (κ3) is 4.79. The smallest absolute Gasteiger partial charge is 0.257 e. The lowest BCUT2D eigenvalue weighted by Gasteiger charge is -2.26. The van der Waals surface area contributed by atoms with Crippen LogP contribution in [0.25, 0.3) is 10.8 Å². The molecule has 1 aliphatic carbocycles. The van der Waals surface area contributed by atoms with E-state index in [4.69, 9.17) is 9.84 Å². The molecule has 1 atom stereocenters. The van der Waals surface area contributed by atoms with E-state index in [0.29, 0.717) is 19.0 Å². The summed E-state index contributed by atoms with van der Waals surface area (Å²) in [6.07, 6.45) is 6.79. The van der Waals surface area contributed by atoms with E-state index >= 15 is 0 Å². The predicted molar refractivity (Wildman–Crippen MR) is 133 cm³/mol. The Morgan fingerprint density at radius 2 is 1.76 bits per heavy atom. The molecule has 5 nitrogen and oxygen atoms in total. The Morgan fingerprint density at radius 3 is 2.52 bits per heavy atom. The van der Waals surface area contributed by atoms with Gasteiger partial charge in [-0.15, -0.1) is 0 Å². The number of nitrogens with one attached hydrogen (secondary N) is 1. The highest BCUT2D eigenvalue weighted by molar-refractivity contribution is 6.05. The van der Waals surface area contributed by atoms with Crippen LogP contribution in [0.5, 0.6) is 5.75 Å². The van der Waals surface area contributed by atoms with Crippen LogP contribution in [-0.4, -0.2) is 36.3 Å². The first-order valence-corrected chi connectivity index (χ1v) is 12.0. The highest BCUT2D eigenvalue weighted by atomic mass is 16.5. The average Bonchev–Trinajstić information content (AvgIpc) is 3.33. The number of benzene rings is 3. The number of amides is 1. The van der Waals surface area contributed by atoms with E-state index in [1.807, 2.05) is 24.3 Å². The van der Waals surface area contributed by atoms with Crippen LogP contribution in [0.2, 0.25) is 0 Å². The number of hydrazone groups is 1. The molecule has 0 bridgehead atoms. The van der Waals surface area contributed by atoms with Gasteiger partial charge >= 0.3 is 0 Å². The second-order valence-corrected chi connectivity index (χ2v) is 9.06. The highest BCUT2D eigenvalue weighted by Crippen LogP contribution is 2.34. The number of carbonyl (C=O) groups excluding carboxylic acids is 1. The molecule has 1 fully saturated rings. The number of hydrogen-bond donors (Lipinski definition) is 1. The molecule has 3 aromatic carbocycles. The van der Waals surface area contributed by atoms with Crippen molar-refractivity contribution in [2.45, 2.75) is 50.6 Å². The van der Waals surface area contributed by atoms with Gasteiger partial charge in [0.25, 0.3) is 5.91 Å². The molecular weight excluding hydrogens is 410 g/mol. The molecule has 1 N–H and O–H groups in total. The van der Waals surface area contributed by atoms with Gasteiger partial charge in [-0.05, 0) is 52.9 Å². The minimum Gasteiger partial charge on any atom is -0.497 e. The van der Waals surface area contributed by atoms with Gasteiger partial charge in [0.2, 0.25) is 0 Å². The maximum absolute atomic E-state index is 13.3. The van der Waals surface area contributed by atoms with Crippen molar-refractivity contribution >= 4 is 22.4 Å². The topological polar surface area (TPSA) is 53.9 Å². The zero-order chi connectivity index (χ0) is 22.6. The zero-order valence-electron chi connectivity index (χ0n) is 19.2. The number of methoxy groups -OCH3 is 1. The lowest BCUT2D eigenvalue weighted by Crippen LogP contribution is -2.40. The maximum atomic E-state index is 13.3. The molecule has 5 rings (SSSR count). The highest BCUT2D eigenvalue weighted by Gasteiger charge is 2.33. The summed E-state index contributed by atoms with van der Waals surface area (Å²) in [7, 11) is 1.66. The van der Waals surface area contributed by atoms with E-state index < -0.39 is 0 Å². The third-order valence-electron chi connectivity index (χ3n) is 6.90. The fraction of sp³-hybridized carbons (Fsp3) is 0.357. The van der Waals surface area contributed by atoms with Crippen molar-refractivity contribution in [1.29, 1.82) is 0 Å². The fourth-order valence-electron chi connectivity index (χ4n) is 4.99. The van der Waals surface area contributed by atoms with Gasteiger partial charge in [0.05, 0.1) is 25.4 Å². The minimum absolute atomic E-state index is 0.0252. The normalized spacial score (nSPS) is 19.0. The number of rotatable bonds is 6. The van der Waals surface area contributed by atoms with E-state index in [0.717, 1.165) is 35.4 Å². The van der Waals surface area contributed by atoms with Crippen molar-refractivity contribution in [3.63, 3.8) is 0 Å². The van der Waals surface area contributed by atoms with Crippen LogP contribution in [-0.2, 0) is 4.79 Å². The summed E-state index contributed by atoms with van der Waals surface area (Å²) in [5.74, 6) is 0.835. The van der Waals surface area contributed by atoms with Crippen LogP contribution < -0.4 is 10.1 Å². The standard InChI is InChI=1S/C28H31N3O2/c1-33-25-15-13-21(14-16-25)27-18-26(23-12-11-20-7-5-6-8-22(20)17-23)30-31(27)28(32)19-29-24-9-3-2-4-10-24/h5-8,11-17,24,27,29H,2-4,9-10,18-19H2,1H3/t27-/m0/s1. The summed E-state index contributed by atoms with van der Waals surface area (Å²) in [6, 6.07) is 23.1. The first-order valence-electron chi connectivity index (χ1n) is 12.0. The molecule has 1 amide bonds. The van der Waals surface area contributed by atoms with Gasteiger partial charge in [0.15, 0.2) is 0 Å². The van der Waals surface area contributed by atoms with E-state index in [2.05, 4.69) is 47.8 Å². The maximum Gasteiger partial charge on any atom is 0.257 e. The number of carbonyl (C=O) groups is 1. The molecule has 0 aromatic heterocycles. The second kappa shape index (κ2) is 9.75. The molecule has 1 heterocycles. The van der Waals surface area contributed by atoms with E-state index in [-0.39, 0.29) is 11.9 Å². The van der Waals surface area contributed by atoms with Gasteiger partial charge in [-0.2, -0.15) is 5.10 Å². The zero-order valence-corrected chi connectivity index (χ0v) is 19.2. The first kappa shape index (κ1) is 21.7. The predicted octanol–water partition coefficient (Wildman–Crippen LogP) is 5.45. The second-order valence-electron chi connectivity index (χ2n) is 9.06.